The number of hydrogen-bond donors (Lipinski definition) is 1. The third-order valence-corrected chi connectivity index (χ3v) is 2.04. The number of halogens is 2. The average molecular weight is 188 g/mol. The van der Waals surface area contributed by atoms with Crippen LogP contribution in [0.5, 0.6) is 5.75 Å². The van der Waals surface area contributed by atoms with Crippen molar-refractivity contribution in [2.24, 2.45) is 0 Å². The van der Waals surface area contributed by atoms with E-state index in [1.807, 2.05) is 0 Å². The summed E-state index contributed by atoms with van der Waals surface area (Å²) in [7, 11) is 0. The van der Waals surface area contributed by atoms with Crippen LogP contribution in [-0.2, 0) is 0 Å². The van der Waals surface area contributed by atoms with E-state index in [0.717, 1.165) is 0 Å². The Balaban J connectivity index is 3.07. The Labute approximate surface area is 75.8 Å². The molecule has 0 unspecified atom stereocenters. The zero-order chi connectivity index (χ0) is 9.14. The molecule has 0 amide bonds. The highest BCUT2D eigenvalue weighted by Crippen LogP contribution is 2.31. The molecule has 12 heavy (non-hydrogen) atoms. The van der Waals surface area contributed by atoms with Crippen molar-refractivity contribution in [3.8, 4) is 5.75 Å². The molecule has 1 nitrogen and oxygen atoms in total. The lowest BCUT2D eigenvalue weighted by atomic mass is 10.0. The first-order valence-electron chi connectivity index (χ1n) is 3.53. The topological polar surface area (TPSA) is 20.2 Å². The SMILES string of the molecule is C[C](CF)c1cccc(O)c1Cl. The van der Waals surface area contributed by atoms with E-state index in [-0.39, 0.29) is 10.8 Å². The van der Waals surface area contributed by atoms with Gasteiger partial charge in [0.1, 0.15) is 5.75 Å². The van der Waals surface area contributed by atoms with Gasteiger partial charge in [0.15, 0.2) is 0 Å². The van der Waals surface area contributed by atoms with E-state index in [9.17, 15) is 9.50 Å². The van der Waals surface area contributed by atoms with Gasteiger partial charge in [0.2, 0.25) is 0 Å². The van der Waals surface area contributed by atoms with E-state index in [1.165, 1.54) is 6.07 Å². The van der Waals surface area contributed by atoms with Gasteiger partial charge in [0, 0.05) is 5.92 Å². The lowest BCUT2D eigenvalue weighted by Crippen LogP contribution is -1.97. The van der Waals surface area contributed by atoms with Gasteiger partial charge < -0.3 is 5.11 Å². The third kappa shape index (κ3) is 1.69. The monoisotopic (exact) mass is 187 g/mol. The molecule has 0 heterocycles. The number of aromatic hydroxyl groups is 1. The van der Waals surface area contributed by atoms with Crippen LogP contribution in [0.15, 0.2) is 18.2 Å². The molecular formula is C9H9ClFO. The van der Waals surface area contributed by atoms with Crippen LogP contribution in [0.3, 0.4) is 0 Å². The molecule has 1 rings (SSSR count). The van der Waals surface area contributed by atoms with Crippen molar-refractivity contribution in [3.63, 3.8) is 0 Å². The maximum atomic E-state index is 12.2. The number of rotatable bonds is 2. The zero-order valence-corrected chi connectivity index (χ0v) is 7.40. The molecule has 0 aliphatic carbocycles. The van der Waals surface area contributed by atoms with Crippen LogP contribution in [0.4, 0.5) is 4.39 Å². The molecule has 1 aromatic rings. The second-order valence-corrected chi connectivity index (χ2v) is 2.93. The lowest BCUT2D eigenvalue weighted by molar-refractivity contribution is 0.473. The van der Waals surface area contributed by atoms with Crippen molar-refractivity contribution in [1.82, 2.24) is 0 Å². The first kappa shape index (κ1) is 9.33. The standard InChI is InChI=1S/C9H9ClFO/c1-6(5-11)7-3-2-4-8(12)9(7)10/h2-4,12H,5H2,1H3. The van der Waals surface area contributed by atoms with Crippen LogP contribution < -0.4 is 0 Å². The quantitative estimate of drug-likeness (QED) is 0.755. The van der Waals surface area contributed by atoms with Gasteiger partial charge in [-0.05, 0) is 11.6 Å². The number of hydrogen-bond acceptors (Lipinski definition) is 1. The molecule has 0 spiro atoms. The Morgan fingerprint density at radius 2 is 2.25 bits per heavy atom. The molecule has 0 aliphatic rings. The van der Waals surface area contributed by atoms with E-state index in [4.69, 9.17) is 11.6 Å². The molecule has 0 aliphatic heterocycles. The van der Waals surface area contributed by atoms with E-state index in [1.54, 1.807) is 19.1 Å². The van der Waals surface area contributed by atoms with Gasteiger partial charge in [-0.25, -0.2) is 0 Å². The average Bonchev–Trinajstić information content (AvgIpc) is 2.08. The number of alkyl halides is 1. The Bertz CT molecular complexity index is 275. The molecule has 0 saturated carbocycles. The fourth-order valence-corrected chi connectivity index (χ4v) is 1.21. The first-order chi connectivity index (χ1) is 5.66. The van der Waals surface area contributed by atoms with Crippen molar-refractivity contribution in [1.29, 1.82) is 0 Å². The van der Waals surface area contributed by atoms with Crippen molar-refractivity contribution in [3.05, 3.63) is 34.7 Å². The Morgan fingerprint density at radius 3 is 2.83 bits per heavy atom. The predicted molar refractivity (Wildman–Crippen MR) is 47.1 cm³/mol. The van der Waals surface area contributed by atoms with Gasteiger partial charge >= 0.3 is 0 Å². The number of phenols is 1. The summed E-state index contributed by atoms with van der Waals surface area (Å²) in [5, 5.41) is 9.39. The van der Waals surface area contributed by atoms with Gasteiger partial charge in [-0.2, -0.15) is 0 Å². The molecule has 0 bridgehead atoms. The van der Waals surface area contributed by atoms with Crippen LogP contribution in [0, 0.1) is 5.92 Å². The van der Waals surface area contributed by atoms with E-state index < -0.39 is 6.67 Å². The predicted octanol–water partition coefficient (Wildman–Crippen LogP) is 2.96. The summed E-state index contributed by atoms with van der Waals surface area (Å²) in [6.45, 7) is 1.09. The summed E-state index contributed by atoms with van der Waals surface area (Å²) < 4.78 is 12.2. The summed E-state index contributed by atoms with van der Waals surface area (Å²) in [4.78, 5) is 0. The molecule has 0 atom stereocenters. The summed E-state index contributed by atoms with van der Waals surface area (Å²) in [6, 6.07) is 4.78. The molecule has 0 aromatic heterocycles. The normalized spacial score (nSPS) is 10.7. The maximum absolute atomic E-state index is 12.2. The van der Waals surface area contributed by atoms with Gasteiger partial charge in [0.05, 0.1) is 11.7 Å². The summed E-state index contributed by atoms with van der Waals surface area (Å²) >= 11 is 5.73. The largest absolute Gasteiger partial charge is 0.506 e. The molecule has 1 radical (unpaired) electrons. The lowest BCUT2D eigenvalue weighted by Gasteiger charge is -2.09. The second-order valence-electron chi connectivity index (χ2n) is 2.55. The van der Waals surface area contributed by atoms with Crippen LogP contribution in [0.1, 0.15) is 12.5 Å². The minimum atomic E-state index is -0.552. The molecule has 0 fully saturated rings. The summed E-state index contributed by atoms with van der Waals surface area (Å²) in [6.07, 6.45) is 0. The smallest absolute Gasteiger partial charge is 0.134 e. The van der Waals surface area contributed by atoms with Gasteiger partial charge in [-0.1, -0.05) is 30.7 Å². The highest BCUT2D eigenvalue weighted by atomic mass is 35.5. The van der Waals surface area contributed by atoms with E-state index in [2.05, 4.69) is 0 Å². The van der Waals surface area contributed by atoms with E-state index in [0.29, 0.717) is 11.5 Å². The first-order valence-corrected chi connectivity index (χ1v) is 3.91. The molecule has 65 valence electrons. The van der Waals surface area contributed by atoms with Crippen molar-refractivity contribution < 1.29 is 9.50 Å². The zero-order valence-electron chi connectivity index (χ0n) is 6.64. The fourth-order valence-electron chi connectivity index (χ4n) is 0.921. The van der Waals surface area contributed by atoms with Crippen LogP contribution in [0.2, 0.25) is 5.02 Å². The Morgan fingerprint density at radius 1 is 1.58 bits per heavy atom. The Kier molecular flexibility index (Phi) is 2.93. The Hall–Kier alpha value is -0.760. The molecular weight excluding hydrogens is 179 g/mol. The highest BCUT2D eigenvalue weighted by molar-refractivity contribution is 6.33. The second kappa shape index (κ2) is 3.76. The molecule has 1 N–H and O–H groups in total. The number of phenolic OH excluding ortho intramolecular Hbond substituents is 1. The van der Waals surface area contributed by atoms with E-state index >= 15 is 0 Å². The minimum Gasteiger partial charge on any atom is -0.506 e. The fraction of sp³-hybridized carbons (Fsp3) is 0.222. The number of benzene rings is 1. The maximum Gasteiger partial charge on any atom is 0.134 e. The molecule has 1 aromatic carbocycles. The highest BCUT2D eigenvalue weighted by Gasteiger charge is 2.11. The van der Waals surface area contributed by atoms with Gasteiger partial charge in [-0.15, -0.1) is 0 Å². The van der Waals surface area contributed by atoms with Crippen molar-refractivity contribution >= 4 is 11.6 Å². The van der Waals surface area contributed by atoms with Crippen molar-refractivity contribution in [2.75, 3.05) is 6.67 Å². The summed E-state index contributed by atoms with van der Waals surface area (Å²) in [5.74, 6) is 0.512. The van der Waals surface area contributed by atoms with Gasteiger partial charge in [-0.3, -0.25) is 4.39 Å². The molecule has 0 saturated heterocycles. The summed E-state index contributed by atoms with van der Waals surface area (Å²) in [5.41, 5.74) is 0.569. The van der Waals surface area contributed by atoms with Gasteiger partial charge in [0.25, 0.3) is 0 Å². The third-order valence-electron chi connectivity index (χ3n) is 1.64. The minimum absolute atomic E-state index is 0.0121. The molecule has 3 heteroatoms. The van der Waals surface area contributed by atoms with Crippen LogP contribution in [0.25, 0.3) is 0 Å². The van der Waals surface area contributed by atoms with Crippen LogP contribution in [-0.4, -0.2) is 11.8 Å². The van der Waals surface area contributed by atoms with Crippen molar-refractivity contribution in [2.45, 2.75) is 6.92 Å². The van der Waals surface area contributed by atoms with Crippen LogP contribution >= 0.6 is 11.6 Å².